The first-order valence-electron chi connectivity index (χ1n) is 5.97. The highest BCUT2D eigenvalue weighted by Gasteiger charge is 2.14. The molecule has 102 valence electrons. The number of nitrogens with zero attached hydrogens (tertiary/aromatic N) is 2. The molecule has 1 unspecified atom stereocenters. The standard InChI is InChI=1S/C13H16N2O2S2/c1-9-6-15(13(14-9)19-8-12(16)17)10(2)5-11-3-4-18-7-11/h3-4,6-7,10H,5,8H2,1-2H3,(H,16,17). The molecule has 0 aliphatic rings. The normalized spacial score (nSPS) is 12.5. The Balaban J connectivity index is 2.11. The Bertz CT molecular complexity index is 549. The molecule has 0 aromatic carbocycles. The van der Waals surface area contributed by atoms with E-state index in [4.69, 9.17) is 5.11 Å². The molecule has 6 heteroatoms. The molecule has 0 amide bonds. The highest BCUT2D eigenvalue weighted by molar-refractivity contribution is 7.99. The number of aryl methyl sites for hydroxylation is 1. The van der Waals surface area contributed by atoms with Crippen molar-refractivity contribution in [3.8, 4) is 0 Å². The van der Waals surface area contributed by atoms with Gasteiger partial charge in [0.15, 0.2) is 5.16 Å². The summed E-state index contributed by atoms with van der Waals surface area (Å²) in [6.45, 7) is 4.06. The number of carboxylic acids is 1. The van der Waals surface area contributed by atoms with E-state index in [1.165, 1.54) is 17.3 Å². The van der Waals surface area contributed by atoms with Gasteiger partial charge >= 0.3 is 5.97 Å². The highest BCUT2D eigenvalue weighted by atomic mass is 32.2. The number of thioether (sulfide) groups is 1. The van der Waals surface area contributed by atoms with Crippen molar-refractivity contribution < 1.29 is 9.90 Å². The zero-order valence-corrected chi connectivity index (χ0v) is 12.5. The predicted octanol–water partition coefficient (Wildman–Crippen LogP) is 3.23. The SMILES string of the molecule is Cc1cn(C(C)Cc2ccsc2)c(SCC(=O)O)n1. The number of hydrogen-bond acceptors (Lipinski definition) is 4. The molecule has 1 atom stereocenters. The van der Waals surface area contributed by atoms with Crippen LogP contribution in [0.3, 0.4) is 0 Å². The molecule has 0 aliphatic heterocycles. The summed E-state index contributed by atoms with van der Waals surface area (Å²) >= 11 is 2.96. The van der Waals surface area contributed by atoms with Gasteiger partial charge in [-0.05, 0) is 42.7 Å². The van der Waals surface area contributed by atoms with Crippen molar-refractivity contribution in [1.82, 2.24) is 9.55 Å². The molecule has 2 aromatic heterocycles. The summed E-state index contributed by atoms with van der Waals surface area (Å²) in [4.78, 5) is 15.1. The van der Waals surface area contributed by atoms with Gasteiger partial charge in [0.1, 0.15) is 0 Å². The van der Waals surface area contributed by atoms with Crippen molar-refractivity contribution in [1.29, 1.82) is 0 Å². The lowest BCUT2D eigenvalue weighted by atomic mass is 10.1. The van der Waals surface area contributed by atoms with Crippen molar-refractivity contribution in [3.63, 3.8) is 0 Å². The third kappa shape index (κ3) is 3.84. The van der Waals surface area contributed by atoms with Crippen molar-refractivity contribution in [2.45, 2.75) is 31.5 Å². The van der Waals surface area contributed by atoms with Crippen LogP contribution in [0.25, 0.3) is 0 Å². The lowest BCUT2D eigenvalue weighted by Gasteiger charge is -2.15. The molecule has 2 aromatic rings. The van der Waals surface area contributed by atoms with Crippen molar-refractivity contribution in [2.24, 2.45) is 0 Å². The minimum atomic E-state index is -0.817. The van der Waals surface area contributed by atoms with Crippen LogP contribution in [0.5, 0.6) is 0 Å². The van der Waals surface area contributed by atoms with Crippen molar-refractivity contribution in [2.75, 3.05) is 5.75 Å². The fourth-order valence-corrected chi connectivity index (χ4v) is 3.42. The van der Waals surface area contributed by atoms with Crippen molar-refractivity contribution >= 4 is 29.1 Å². The number of carboxylic acid groups (broad SMARTS) is 1. The number of hydrogen-bond donors (Lipinski definition) is 1. The van der Waals surface area contributed by atoms with Crippen LogP contribution >= 0.6 is 23.1 Å². The van der Waals surface area contributed by atoms with E-state index in [1.807, 2.05) is 13.1 Å². The zero-order chi connectivity index (χ0) is 13.8. The number of imidazole rings is 1. The Morgan fingerprint density at radius 1 is 1.63 bits per heavy atom. The molecule has 2 rings (SSSR count). The van der Waals surface area contributed by atoms with E-state index < -0.39 is 5.97 Å². The Kier molecular flexibility index (Phi) is 4.66. The second-order valence-corrected chi connectivity index (χ2v) is 6.16. The Morgan fingerprint density at radius 2 is 2.42 bits per heavy atom. The topological polar surface area (TPSA) is 55.1 Å². The largest absolute Gasteiger partial charge is 0.481 e. The van der Waals surface area contributed by atoms with E-state index in [1.54, 1.807) is 11.3 Å². The first-order chi connectivity index (χ1) is 9.06. The van der Waals surface area contributed by atoms with E-state index in [0.29, 0.717) is 0 Å². The zero-order valence-electron chi connectivity index (χ0n) is 10.9. The molecule has 0 saturated carbocycles. The molecule has 4 nitrogen and oxygen atoms in total. The maximum atomic E-state index is 10.7. The fourth-order valence-electron chi connectivity index (χ4n) is 1.89. The van der Waals surface area contributed by atoms with Crippen LogP contribution in [0, 0.1) is 6.92 Å². The lowest BCUT2D eigenvalue weighted by Crippen LogP contribution is -2.09. The van der Waals surface area contributed by atoms with Gasteiger partial charge in [-0.3, -0.25) is 4.79 Å². The first kappa shape index (κ1) is 14.1. The second-order valence-electron chi connectivity index (χ2n) is 4.44. The molecule has 0 radical (unpaired) electrons. The summed E-state index contributed by atoms with van der Waals surface area (Å²) in [5.74, 6) is -0.774. The molecule has 1 N–H and O–H groups in total. The summed E-state index contributed by atoms with van der Waals surface area (Å²) in [6, 6.07) is 2.39. The third-order valence-corrected chi connectivity index (χ3v) is 4.41. The van der Waals surface area contributed by atoms with Gasteiger partial charge in [-0.15, -0.1) is 0 Å². The van der Waals surface area contributed by atoms with Gasteiger partial charge in [0.05, 0.1) is 11.4 Å². The molecule has 0 bridgehead atoms. The lowest BCUT2D eigenvalue weighted by molar-refractivity contribution is -0.133. The number of aliphatic carboxylic acids is 1. The summed E-state index contributed by atoms with van der Waals surface area (Å²) in [7, 11) is 0. The third-order valence-electron chi connectivity index (χ3n) is 2.73. The smallest absolute Gasteiger partial charge is 0.313 e. The van der Waals surface area contributed by atoms with E-state index in [-0.39, 0.29) is 11.8 Å². The Morgan fingerprint density at radius 3 is 3.05 bits per heavy atom. The summed E-state index contributed by atoms with van der Waals surface area (Å²) < 4.78 is 2.07. The fraction of sp³-hybridized carbons (Fsp3) is 0.385. The summed E-state index contributed by atoms with van der Waals surface area (Å²) in [6.07, 6.45) is 2.92. The van der Waals surface area contributed by atoms with E-state index in [2.05, 4.69) is 33.3 Å². The molecule has 0 fully saturated rings. The van der Waals surface area contributed by atoms with Gasteiger partial charge in [-0.1, -0.05) is 11.8 Å². The van der Waals surface area contributed by atoms with Crippen LogP contribution in [-0.2, 0) is 11.2 Å². The van der Waals surface area contributed by atoms with Gasteiger partial charge in [-0.25, -0.2) is 4.98 Å². The Labute approximate surface area is 120 Å². The highest BCUT2D eigenvalue weighted by Crippen LogP contribution is 2.24. The second kappa shape index (κ2) is 6.25. The van der Waals surface area contributed by atoms with Crippen LogP contribution in [0.2, 0.25) is 0 Å². The first-order valence-corrected chi connectivity index (χ1v) is 7.90. The summed E-state index contributed by atoms with van der Waals surface area (Å²) in [5, 5.41) is 13.8. The van der Waals surface area contributed by atoms with Gasteiger partial charge in [-0.2, -0.15) is 11.3 Å². The van der Waals surface area contributed by atoms with Crippen LogP contribution in [0.1, 0.15) is 24.2 Å². The average molecular weight is 296 g/mol. The molecule has 0 spiro atoms. The maximum Gasteiger partial charge on any atom is 0.313 e. The van der Waals surface area contributed by atoms with Crippen LogP contribution in [0.15, 0.2) is 28.2 Å². The predicted molar refractivity (Wildman–Crippen MR) is 78.1 cm³/mol. The molecule has 19 heavy (non-hydrogen) atoms. The monoisotopic (exact) mass is 296 g/mol. The molecule has 0 aliphatic carbocycles. The van der Waals surface area contributed by atoms with Gasteiger partial charge in [0.2, 0.25) is 0 Å². The maximum absolute atomic E-state index is 10.7. The molecular formula is C13H16N2O2S2. The quantitative estimate of drug-likeness (QED) is 0.832. The minimum Gasteiger partial charge on any atom is -0.481 e. The van der Waals surface area contributed by atoms with Crippen LogP contribution in [-0.4, -0.2) is 26.4 Å². The minimum absolute atomic E-state index is 0.0433. The van der Waals surface area contributed by atoms with Crippen molar-refractivity contribution in [3.05, 3.63) is 34.3 Å². The number of aromatic nitrogens is 2. The van der Waals surface area contributed by atoms with E-state index in [0.717, 1.165) is 17.3 Å². The Hall–Kier alpha value is -1.27. The molecule has 2 heterocycles. The van der Waals surface area contributed by atoms with Crippen LogP contribution < -0.4 is 0 Å². The number of thiophene rings is 1. The van der Waals surface area contributed by atoms with Gasteiger partial charge < -0.3 is 9.67 Å². The van der Waals surface area contributed by atoms with Gasteiger partial charge in [0.25, 0.3) is 0 Å². The summed E-state index contributed by atoms with van der Waals surface area (Å²) in [5.41, 5.74) is 2.23. The van der Waals surface area contributed by atoms with Gasteiger partial charge in [0, 0.05) is 12.2 Å². The average Bonchev–Trinajstić information content (AvgIpc) is 2.95. The number of carbonyl (C=O) groups is 1. The molecular weight excluding hydrogens is 280 g/mol. The molecule has 0 saturated heterocycles. The van der Waals surface area contributed by atoms with E-state index >= 15 is 0 Å². The van der Waals surface area contributed by atoms with Crippen LogP contribution in [0.4, 0.5) is 0 Å². The number of rotatable bonds is 6. The van der Waals surface area contributed by atoms with E-state index in [9.17, 15) is 4.79 Å².